The Morgan fingerprint density at radius 3 is 2.58 bits per heavy atom. The molecule has 122 valence electrons. The lowest BCUT2D eigenvalue weighted by molar-refractivity contribution is 0.102. The van der Waals surface area contributed by atoms with Crippen LogP contribution < -0.4 is 10.1 Å². The number of hydrogen-bond donors (Lipinski definition) is 1. The van der Waals surface area contributed by atoms with Crippen molar-refractivity contribution in [2.75, 3.05) is 12.4 Å². The first-order valence-corrected chi connectivity index (χ1v) is 7.50. The van der Waals surface area contributed by atoms with Gasteiger partial charge in [0.05, 0.1) is 12.8 Å². The Labute approximate surface area is 143 Å². The molecule has 3 rings (SSSR count). The second-order valence-corrected chi connectivity index (χ2v) is 5.46. The summed E-state index contributed by atoms with van der Waals surface area (Å²) in [5.74, 6) is 1.23. The first kappa shape index (κ1) is 16.0. The number of nitrogens with one attached hydrogen (secondary N) is 1. The van der Waals surface area contributed by atoms with E-state index in [1.54, 1.807) is 49.4 Å². The minimum absolute atomic E-state index is 0.274. The first-order chi connectivity index (χ1) is 11.6. The van der Waals surface area contributed by atoms with Crippen molar-refractivity contribution in [3.8, 4) is 17.2 Å². The summed E-state index contributed by atoms with van der Waals surface area (Å²) in [6, 6.07) is 11.9. The Bertz CT molecular complexity index is 875. The first-order valence-electron chi connectivity index (χ1n) is 7.12. The minimum Gasteiger partial charge on any atom is -0.495 e. The quantitative estimate of drug-likeness (QED) is 0.775. The Morgan fingerprint density at radius 2 is 1.96 bits per heavy atom. The van der Waals surface area contributed by atoms with Crippen LogP contribution in [0.4, 0.5) is 5.69 Å². The number of carbonyl (C=O) groups is 1. The number of benzene rings is 2. The van der Waals surface area contributed by atoms with Gasteiger partial charge in [-0.15, -0.1) is 0 Å². The van der Waals surface area contributed by atoms with E-state index in [9.17, 15) is 4.79 Å². The van der Waals surface area contributed by atoms with Crippen LogP contribution in [0.1, 0.15) is 16.2 Å². The van der Waals surface area contributed by atoms with E-state index >= 15 is 0 Å². The average Bonchev–Trinajstić information content (AvgIpc) is 3.02. The number of aromatic nitrogens is 2. The van der Waals surface area contributed by atoms with Crippen LogP contribution in [0.2, 0.25) is 5.02 Å². The van der Waals surface area contributed by atoms with Gasteiger partial charge in [-0.1, -0.05) is 16.8 Å². The van der Waals surface area contributed by atoms with Crippen LogP contribution in [-0.4, -0.2) is 23.2 Å². The third-order valence-electron chi connectivity index (χ3n) is 3.33. The molecule has 0 aliphatic carbocycles. The number of hydrogen-bond acceptors (Lipinski definition) is 5. The van der Waals surface area contributed by atoms with E-state index in [1.807, 2.05) is 0 Å². The fourth-order valence-electron chi connectivity index (χ4n) is 2.15. The van der Waals surface area contributed by atoms with E-state index < -0.39 is 0 Å². The molecule has 1 N–H and O–H groups in total. The normalized spacial score (nSPS) is 10.5. The molecule has 0 radical (unpaired) electrons. The minimum atomic E-state index is -0.274. The lowest BCUT2D eigenvalue weighted by Crippen LogP contribution is -2.12. The molecule has 24 heavy (non-hydrogen) atoms. The zero-order valence-electron chi connectivity index (χ0n) is 13.0. The number of methoxy groups -OCH3 is 1. The lowest BCUT2D eigenvalue weighted by Gasteiger charge is -2.10. The zero-order valence-corrected chi connectivity index (χ0v) is 13.8. The highest BCUT2D eigenvalue weighted by Crippen LogP contribution is 2.28. The maximum atomic E-state index is 12.4. The summed E-state index contributed by atoms with van der Waals surface area (Å²) in [6.45, 7) is 1.74. The summed E-state index contributed by atoms with van der Waals surface area (Å²) >= 11 is 5.96. The molecular weight excluding hydrogens is 330 g/mol. The zero-order chi connectivity index (χ0) is 17.1. The van der Waals surface area contributed by atoms with Crippen molar-refractivity contribution in [1.29, 1.82) is 0 Å². The van der Waals surface area contributed by atoms with Crippen LogP contribution in [0.5, 0.6) is 5.75 Å². The lowest BCUT2D eigenvalue weighted by atomic mass is 10.1. The van der Waals surface area contributed by atoms with Crippen molar-refractivity contribution in [3.63, 3.8) is 0 Å². The molecular formula is C17H14ClN3O3. The van der Waals surface area contributed by atoms with Gasteiger partial charge in [0.2, 0.25) is 0 Å². The molecule has 7 heteroatoms. The molecule has 1 amide bonds. The summed E-state index contributed by atoms with van der Waals surface area (Å²) in [7, 11) is 1.53. The molecule has 6 nitrogen and oxygen atoms in total. The van der Waals surface area contributed by atoms with Gasteiger partial charge in [-0.05, 0) is 49.4 Å². The molecule has 0 bridgehead atoms. The van der Waals surface area contributed by atoms with Crippen LogP contribution >= 0.6 is 11.6 Å². The van der Waals surface area contributed by atoms with Crippen molar-refractivity contribution in [3.05, 3.63) is 58.9 Å². The van der Waals surface area contributed by atoms with Crippen molar-refractivity contribution in [2.24, 2.45) is 0 Å². The van der Waals surface area contributed by atoms with Gasteiger partial charge < -0.3 is 14.6 Å². The van der Waals surface area contributed by atoms with Crippen molar-refractivity contribution in [2.45, 2.75) is 6.92 Å². The summed E-state index contributed by atoms with van der Waals surface area (Å²) < 4.78 is 10.3. The van der Waals surface area contributed by atoms with E-state index in [1.165, 1.54) is 7.11 Å². The van der Waals surface area contributed by atoms with Crippen molar-refractivity contribution >= 4 is 23.2 Å². The van der Waals surface area contributed by atoms with Gasteiger partial charge in [0, 0.05) is 16.1 Å². The smallest absolute Gasteiger partial charge is 0.257 e. The van der Waals surface area contributed by atoms with Gasteiger partial charge in [-0.2, -0.15) is 4.98 Å². The topological polar surface area (TPSA) is 77.2 Å². The summed E-state index contributed by atoms with van der Waals surface area (Å²) in [4.78, 5) is 16.5. The van der Waals surface area contributed by atoms with Crippen molar-refractivity contribution < 1.29 is 14.1 Å². The van der Waals surface area contributed by atoms with E-state index in [2.05, 4.69) is 15.5 Å². The van der Waals surface area contributed by atoms with Gasteiger partial charge in [-0.3, -0.25) is 4.79 Å². The molecule has 0 fully saturated rings. The molecule has 0 unspecified atom stereocenters. The van der Waals surface area contributed by atoms with Gasteiger partial charge in [0.15, 0.2) is 5.82 Å². The van der Waals surface area contributed by atoms with Gasteiger partial charge >= 0.3 is 0 Å². The molecule has 1 heterocycles. The molecule has 0 spiro atoms. The Kier molecular flexibility index (Phi) is 4.48. The molecule has 0 aliphatic heterocycles. The Hall–Kier alpha value is -2.86. The third-order valence-corrected chi connectivity index (χ3v) is 3.57. The van der Waals surface area contributed by atoms with Gasteiger partial charge in [0.1, 0.15) is 5.75 Å². The Morgan fingerprint density at radius 1 is 1.21 bits per heavy atom. The monoisotopic (exact) mass is 343 g/mol. The summed E-state index contributed by atoms with van der Waals surface area (Å²) in [6.07, 6.45) is 0. The van der Waals surface area contributed by atoms with Gasteiger partial charge in [-0.25, -0.2) is 0 Å². The van der Waals surface area contributed by atoms with E-state index in [-0.39, 0.29) is 5.91 Å². The molecule has 0 saturated carbocycles. The second kappa shape index (κ2) is 6.72. The molecule has 2 aromatic carbocycles. The van der Waals surface area contributed by atoms with E-state index in [4.69, 9.17) is 20.9 Å². The number of amides is 1. The van der Waals surface area contributed by atoms with Gasteiger partial charge in [0.25, 0.3) is 11.8 Å². The standard InChI is InChI=1S/C17H14ClN3O3/c1-10-19-17(24-21-10)12-5-3-11(4-6-12)16(22)20-14-9-13(18)7-8-15(14)23-2/h3-9H,1-2H3,(H,20,22). The fourth-order valence-corrected chi connectivity index (χ4v) is 2.32. The SMILES string of the molecule is COc1ccc(Cl)cc1NC(=O)c1ccc(-c2nc(C)no2)cc1. The molecule has 0 atom stereocenters. The summed E-state index contributed by atoms with van der Waals surface area (Å²) in [5, 5.41) is 7.03. The van der Waals surface area contributed by atoms with Crippen LogP contribution in [0.3, 0.4) is 0 Å². The number of anilines is 1. The highest BCUT2D eigenvalue weighted by atomic mass is 35.5. The number of halogens is 1. The molecule has 0 saturated heterocycles. The largest absolute Gasteiger partial charge is 0.495 e. The van der Waals surface area contributed by atoms with Crippen LogP contribution in [0, 0.1) is 6.92 Å². The molecule has 1 aromatic heterocycles. The molecule has 0 aliphatic rings. The van der Waals surface area contributed by atoms with Crippen molar-refractivity contribution in [1.82, 2.24) is 10.1 Å². The second-order valence-electron chi connectivity index (χ2n) is 5.02. The van der Waals surface area contributed by atoms with Crippen LogP contribution in [0.15, 0.2) is 47.0 Å². The predicted molar refractivity (Wildman–Crippen MR) is 90.4 cm³/mol. The summed E-state index contributed by atoms with van der Waals surface area (Å²) in [5.41, 5.74) is 1.73. The maximum absolute atomic E-state index is 12.4. The number of carbonyl (C=O) groups excluding carboxylic acids is 1. The van der Waals surface area contributed by atoms with E-state index in [0.717, 1.165) is 5.56 Å². The highest BCUT2D eigenvalue weighted by Gasteiger charge is 2.12. The van der Waals surface area contributed by atoms with Crippen LogP contribution in [0.25, 0.3) is 11.5 Å². The van der Waals surface area contributed by atoms with E-state index in [0.29, 0.717) is 33.7 Å². The fraction of sp³-hybridized carbons (Fsp3) is 0.118. The Balaban J connectivity index is 1.79. The number of rotatable bonds is 4. The van der Waals surface area contributed by atoms with Crippen LogP contribution in [-0.2, 0) is 0 Å². The third kappa shape index (κ3) is 3.38. The average molecular weight is 344 g/mol. The number of nitrogens with zero attached hydrogens (tertiary/aromatic N) is 2. The molecule has 3 aromatic rings. The highest BCUT2D eigenvalue weighted by molar-refractivity contribution is 6.31. The number of ether oxygens (including phenoxy) is 1. The maximum Gasteiger partial charge on any atom is 0.257 e. The number of aryl methyl sites for hydroxylation is 1. The predicted octanol–water partition coefficient (Wildman–Crippen LogP) is 3.96.